The van der Waals surface area contributed by atoms with Crippen molar-refractivity contribution in [2.45, 2.75) is 13.5 Å². The molecule has 0 aromatic heterocycles. The van der Waals surface area contributed by atoms with Crippen LogP contribution in [0, 0.1) is 0 Å². The van der Waals surface area contributed by atoms with Crippen molar-refractivity contribution in [3.05, 3.63) is 41.5 Å². The molecule has 1 aromatic carbocycles. The van der Waals surface area contributed by atoms with Gasteiger partial charge in [0.25, 0.3) is 0 Å². The van der Waals surface area contributed by atoms with Gasteiger partial charge in [-0.2, -0.15) is 0 Å². The van der Waals surface area contributed by atoms with Crippen LogP contribution in [0.1, 0.15) is 12.5 Å². The third-order valence-corrected chi connectivity index (χ3v) is 2.20. The van der Waals surface area contributed by atoms with Gasteiger partial charge in [0, 0.05) is 0 Å². The number of ether oxygens (including phenoxy) is 2. The zero-order valence-corrected chi connectivity index (χ0v) is 9.77. The zero-order valence-electron chi connectivity index (χ0n) is 9.77. The summed E-state index contributed by atoms with van der Waals surface area (Å²) in [6.07, 6.45) is 1.74. The number of aliphatic hydroxyl groups excluding tert-OH is 1. The third kappa shape index (κ3) is 4.47. The molecule has 0 radical (unpaired) electrons. The van der Waals surface area contributed by atoms with Crippen molar-refractivity contribution in [2.75, 3.05) is 20.3 Å². The molecule has 0 bridgehead atoms. The number of aliphatic hydroxyl groups is 1. The van der Waals surface area contributed by atoms with E-state index in [2.05, 4.69) is 0 Å². The van der Waals surface area contributed by atoms with Gasteiger partial charge in [-0.25, -0.2) is 0 Å². The lowest BCUT2D eigenvalue weighted by Crippen LogP contribution is -1.97. The van der Waals surface area contributed by atoms with Gasteiger partial charge in [0.1, 0.15) is 5.75 Å². The monoisotopic (exact) mass is 222 g/mol. The van der Waals surface area contributed by atoms with Gasteiger partial charge in [0.2, 0.25) is 0 Å². The molecule has 3 nitrogen and oxygen atoms in total. The first kappa shape index (κ1) is 12.7. The second-order valence-electron chi connectivity index (χ2n) is 3.57. The molecule has 1 aromatic rings. The van der Waals surface area contributed by atoms with Crippen LogP contribution in [0.4, 0.5) is 0 Å². The Balaban J connectivity index is 2.34. The van der Waals surface area contributed by atoms with Crippen LogP contribution >= 0.6 is 0 Å². The third-order valence-electron chi connectivity index (χ3n) is 2.20. The predicted octanol–water partition coefficient (Wildman–Crippen LogP) is 2.15. The van der Waals surface area contributed by atoms with Gasteiger partial charge in [-0.15, -0.1) is 0 Å². The Hall–Kier alpha value is -1.32. The summed E-state index contributed by atoms with van der Waals surface area (Å²) in [7, 11) is 1.65. The lowest BCUT2D eigenvalue weighted by molar-refractivity contribution is 0.142. The van der Waals surface area contributed by atoms with Crippen LogP contribution in [-0.4, -0.2) is 25.4 Å². The highest BCUT2D eigenvalue weighted by atomic mass is 16.5. The van der Waals surface area contributed by atoms with Crippen LogP contribution < -0.4 is 4.74 Å². The molecule has 0 saturated carbocycles. The topological polar surface area (TPSA) is 38.7 Å². The highest BCUT2D eigenvalue weighted by Crippen LogP contribution is 2.12. The van der Waals surface area contributed by atoms with Crippen LogP contribution in [0.5, 0.6) is 5.75 Å². The molecule has 1 rings (SSSR count). The van der Waals surface area contributed by atoms with Crippen molar-refractivity contribution >= 4 is 0 Å². The molecule has 3 heteroatoms. The lowest BCUT2D eigenvalue weighted by atomic mass is 10.2. The van der Waals surface area contributed by atoms with Crippen molar-refractivity contribution in [1.29, 1.82) is 0 Å². The Kier molecular flexibility index (Phi) is 5.61. The largest absolute Gasteiger partial charge is 0.497 e. The molecule has 88 valence electrons. The normalized spacial score (nSPS) is 11.6. The summed E-state index contributed by atoms with van der Waals surface area (Å²) in [5.74, 6) is 0.847. The fourth-order valence-corrected chi connectivity index (χ4v) is 1.27. The Morgan fingerprint density at radius 2 is 2.00 bits per heavy atom. The van der Waals surface area contributed by atoms with E-state index in [1.54, 1.807) is 13.2 Å². The fourth-order valence-electron chi connectivity index (χ4n) is 1.27. The Labute approximate surface area is 96.3 Å². The van der Waals surface area contributed by atoms with E-state index in [1.165, 1.54) is 0 Å². The summed E-state index contributed by atoms with van der Waals surface area (Å²) in [5, 5.41) is 8.66. The van der Waals surface area contributed by atoms with E-state index in [9.17, 15) is 0 Å². The highest BCUT2D eigenvalue weighted by molar-refractivity contribution is 5.26. The summed E-state index contributed by atoms with van der Waals surface area (Å²) in [5.41, 5.74) is 2.15. The Bertz CT molecular complexity index is 328. The molecule has 0 fully saturated rings. The van der Waals surface area contributed by atoms with Crippen molar-refractivity contribution in [1.82, 2.24) is 0 Å². The number of hydrogen-bond donors (Lipinski definition) is 1. The first-order valence-corrected chi connectivity index (χ1v) is 5.23. The first-order chi connectivity index (χ1) is 7.76. The van der Waals surface area contributed by atoms with Crippen molar-refractivity contribution in [2.24, 2.45) is 0 Å². The van der Waals surface area contributed by atoms with Crippen LogP contribution in [0.25, 0.3) is 0 Å². The average Bonchev–Trinajstić information content (AvgIpc) is 2.30. The quantitative estimate of drug-likeness (QED) is 0.749. The molecule has 0 spiro atoms. The second-order valence-corrected chi connectivity index (χ2v) is 3.57. The number of hydrogen-bond acceptors (Lipinski definition) is 3. The molecule has 0 aliphatic rings. The number of methoxy groups -OCH3 is 1. The zero-order chi connectivity index (χ0) is 11.8. The van der Waals surface area contributed by atoms with E-state index in [4.69, 9.17) is 14.6 Å². The summed E-state index contributed by atoms with van der Waals surface area (Å²) in [4.78, 5) is 0. The van der Waals surface area contributed by atoms with Gasteiger partial charge < -0.3 is 14.6 Å². The molecule has 0 aliphatic heterocycles. The molecule has 0 heterocycles. The van der Waals surface area contributed by atoms with Gasteiger partial charge in [-0.05, 0) is 30.2 Å². The number of benzene rings is 1. The van der Waals surface area contributed by atoms with Crippen LogP contribution in [0.3, 0.4) is 0 Å². The van der Waals surface area contributed by atoms with Gasteiger partial charge in [0.15, 0.2) is 0 Å². The van der Waals surface area contributed by atoms with Crippen molar-refractivity contribution in [3.8, 4) is 5.75 Å². The minimum atomic E-state index is 0.0672. The molecule has 0 saturated heterocycles. The Morgan fingerprint density at radius 1 is 1.31 bits per heavy atom. The molecule has 0 atom stereocenters. The standard InChI is InChI=1S/C13H18O3/c1-11(7-8-14)9-16-10-12-3-5-13(15-2)6-4-12/h3-7,14H,8-10H2,1-2H3/b11-7+. The van der Waals surface area contributed by atoms with Crippen molar-refractivity contribution in [3.63, 3.8) is 0 Å². The van der Waals surface area contributed by atoms with Gasteiger partial charge in [-0.1, -0.05) is 18.2 Å². The molecule has 0 aliphatic carbocycles. The van der Waals surface area contributed by atoms with Crippen molar-refractivity contribution < 1.29 is 14.6 Å². The molecule has 16 heavy (non-hydrogen) atoms. The summed E-state index contributed by atoms with van der Waals surface area (Å²) in [6.45, 7) is 3.12. The van der Waals surface area contributed by atoms with E-state index >= 15 is 0 Å². The molecular weight excluding hydrogens is 204 g/mol. The van der Waals surface area contributed by atoms with E-state index < -0.39 is 0 Å². The second kappa shape index (κ2) is 7.04. The summed E-state index contributed by atoms with van der Waals surface area (Å²) < 4.78 is 10.6. The highest BCUT2D eigenvalue weighted by Gasteiger charge is 1.95. The van der Waals surface area contributed by atoms with Gasteiger partial charge >= 0.3 is 0 Å². The van der Waals surface area contributed by atoms with Crippen LogP contribution in [0.15, 0.2) is 35.9 Å². The maximum atomic E-state index is 8.66. The fraction of sp³-hybridized carbons (Fsp3) is 0.385. The SMILES string of the molecule is COc1ccc(COC/C(C)=C/CO)cc1. The summed E-state index contributed by atoms with van der Waals surface area (Å²) in [6, 6.07) is 7.78. The van der Waals surface area contributed by atoms with E-state index in [0.717, 1.165) is 16.9 Å². The van der Waals surface area contributed by atoms with E-state index in [-0.39, 0.29) is 6.61 Å². The van der Waals surface area contributed by atoms with Gasteiger partial charge in [-0.3, -0.25) is 0 Å². The van der Waals surface area contributed by atoms with Crippen LogP contribution in [-0.2, 0) is 11.3 Å². The minimum absolute atomic E-state index is 0.0672. The maximum Gasteiger partial charge on any atom is 0.118 e. The summed E-state index contributed by atoms with van der Waals surface area (Å²) >= 11 is 0. The van der Waals surface area contributed by atoms with Crippen LogP contribution in [0.2, 0.25) is 0 Å². The van der Waals surface area contributed by atoms with E-state index in [0.29, 0.717) is 13.2 Å². The Morgan fingerprint density at radius 3 is 2.56 bits per heavy atom. The lowest BCUT2D eigenvalue weighted by Gasteiger charge is -2.05. The van der Waals surface area contributed by atoms with Gasteiger partial charge in [0.05, 0.1) is 26.9 Å². The minimum Gasteiger partial charge on any atom is -0.497 e. The van der Waals surface area contributed by atoms with E-state index in [1.807, 2.05) is 31.2 Å². The number of rotatable bonds is 6. The average molecular weight is 222 g/mol. The molecule has 0 amide bonds. The maximum absolute atomic E-state index is 8.66. The molecule has 1 N–H and O–H groups in total. The smallest absolute Gasteiger partial charge is 0.118 e. The molecule has 0 unspecified atom stereocenters. The first-order valence-electron chi connectivity index (χ1n) is 5.23. The molecular formula is C13H18O3. The predicted molar refractivity (Wildman–Crippen MR) is 63.5 cm³/mol.